The molecule has 0 aliphatic heterocycles. The normalized spacial score (nSPS) is 21.8. The van der Waals surface area contributed by atoms with Crippen LogP contribution in [0.5, 0.6) is 5.75 Å². The molecule has 1 fully saturated rings. The molecule has 0 radical (unpaired) electrons. The number of carbonyl (C=O) groups is 1. The summed E-state index contributed by atoms with van der Waals surface area (Å²) in [6.45, 7) is 4.63. The summed E-state index contributed by atoms with van der Waals surface area (Å²) >= 11 is 0. The van der Waals surface area contributed by atoms with Gasteiger partial charge in [-0.3, -0.25) is 4.79 Å². The molecule has 24 heavy (non-hydrogen) atoms. The lowest BCUT2D eigenvalue weighted by Gasteiger charge is -2.11. The van der Waals surface area contributed by atoms with E-state index < -0.39 is 53.1 Å². The van der Waals surface area contributed by atoms with Crippen molar-refractivity contribution in [2.24, 2.45) is 17.3 Å². The Bertz CT molecular complexity index is 669. The van der Waals surface area contributed by atoms with E-state index in [1.807, 2.05) is 26.8 Å². The van der Waals surface area contributed by atoms with E-state index in [1.165, 1.54) is 0 Å². The Morgan fingerprint density at radius 3 is 2.12 bits per heavy atom. The SMILES string of the molecule is C/C=C\[C@@H]1[C@@H](C(=O)OCc2c(F)c(F)c(OC)c(F)c2F)C1(C)C. The van der Waals surface area contributed by atoms with Crippen LogP contribution < -0.4 is 4.74 Å². The Balaban J connectivity index is 2.18. The van der Waals surface area contributed by atoms with Gasteiger partial charge in [0.15, 0.2) is 17.4 Å². The molecule has 0 unspecified atom stereocenters. The van der Waals surface area contributed by atoms with Crippen molar-refractivity contribution in [2.45, 2.75) is 27.4 Å². The number of benzene rings is 1. The molecular formula is C17H18F4O3. The van der Waals surface area contributed by atoms with Crippen LogP contribution in [0, 0.1) is 40.5 Å². The van der Waals surface area contributed by atoms with Gasteiger partial charge in [0.25, 0.3) is 0 Å². The number of ether oxygens (including phenoxy) is 2. The molecule has 0 heterocycles. The van der Waals surface area contributed by atoms with E-state index in [4.69, 9.17) is 4.74 Å². The third-order valence-electron chi connectivity index (χ3n) is 4.44. The minimum Gasteiger partial charge on any atom is -0.491 e. The average molecular weight is 346 g/mol. The van der Waals surface area contributed by atoms with Crippen LogP contribution in [0.15, 0.2) is 12.2 Å². The predicted octanol–water partition coefficient (Wildman–Crippen LogP) is 4.14. The number of allylic oxidation sites excluding steroid dienone is 2. The minimum absolute atomic E-state index is 0.0472. The summed E-state index contributed by atoms with van der Waals surface area (Å²) in [7, 11) is 0.886. The summed E-state index contributed by atoms with van der Waals surface area (Å²) in [6, 6.07) is 0. The van der Waals surface area contributed by atoms with Gasteiger partial charge in [-0.1, -0.05) is 26.0 Å². The summed E-state index contributed by atoms with van der Waals surface area (Å²) in [6.07, 6.45) is 3.65. The topological polar surface area (TPSA) is 35.5 Å². The lowest BCUT2D eigenvalue weighted by Crippen LogP contribution is -2.14. The van der Waals surface area contributed by atoms with Crippen LogP contribution in [-0.2, 0) is 16.1 Å². The van der Waals surface area contributed by atoms with Crippen molar-refractivity contribution in [3.63, 3.8) is 0 Å². The lowest BCUT2D eigenvalue weighted by molar-refractivity contribution is -0.147. The molecule has 132 valence electrons. The van der Waals surface area contributed by atoms with Gasteiger partial charge in [-0.15, -0.1) is 0 Å². The van der Waals surface area contributed by atoms with E-state index in [9.17, 15) is 22.4 Å². The van der Waals surface area contributed by atoms with Crippen molar-refractivity contribution in [3.05, 3.63) is 41.0 Å². The fraction of sp³-hybridized carbons (Fsp3) is 0.471. The number of hydrogen-bond donors (Lipinski definition) is 0. The van der Waals surface area contributed by atoms with Gasteiger partial charge in [-0.05, 0) is 18.3 Å². The van der Waals surface area contributed by atoms with Crippen molar-refractivity contribution >= 4 is 5.97 Å². The highest BCUT2D eigenvalue weighted by Crippen LogP contribution is 2.59. The number of carbonyl (C=O) groups excluding carboxylic acids is 1. The van der Waals surface area contributed by atoms with E-state index in [0.717, 1.165) is 7.11 Å². The van der Waals surface area contributed by atoms with Gasteiger partial charge >= 0.3 is 5.97 Å². The first-order valence-electron chi connectivity index (χ1n) is 7.36. The molecule has 0 aromatic heterocycles. The number of halogens is 4. The van der Waals surface area contributed by atoms with E-state index in [0.29, 0.717) is 0 Å². The molecule has 1 aliphatic rings. The minimum atomic E-state index is -1.67. The molecule has 0 amide bonds. The molecular weight excluding hydrogens is 328 g/mol. The van der Waals surface area contributed by atoms with Crippen LogP contribution in [0.2, 0.25) is 0 Å². The third-order valence-corrected chi connectivity index (χ3v) is 4.44. The Hall–Kier alpha value is -2.05. The second-order valence-corrected chi connectivity index (χ2v) is 6.23. The molecule has 1 aromatic carbocycles. The van der Waals surface area contributed by atoms with Crippen LogP contribution in [0.3, 0.4) is 0 Å². The molecule has 7 heteroatoms. The van der Waals surface area contributed by atoms with Crippen molar-refractivity contribution in [1.29, 1.82) is 0 Å². The first kappa shape index (κ1) is 18.3. The standard InChI is InChI=1S/C17H18F4O3/c1-5-6-9-10(17(9,2)3)16(22)24-7-8-11(18)13(20)15(23-4)14(21)12(8)19/h5-6,9-10H,7H2,1-4H3/b6-5-/t9-,10+/m1/s1. The Kier molecular flexibility index (Phi) is 4.92. The highest BCUT2D eigenvalue weighted by molar-refractivity contribution is 5.78. The quantitative estimate of drug-likeness (QED) is 0.348. The predicted molar refractivity (Wildman–Crippen MR) is 78.2 cm³/mol. The van der Waals surface area contributed by atoms with Crippen LogP contribution in [0.4, 0.5) is 17.6 Å². The maximum atomic E-state index is 13.8. The molecule has 2 rings (SSSR count). The maximum Gasteiger partial charge on any atom is 0.310 e. The van der Waals surface area contributed by atoms with E-state index >= 15 is 0 Å². The first-order valence-corrected chi connectivity index (χ1v) is 7.36. The van der Waals surface area contributed by atoms with E-state index in [-0.39, 0.29) is 11.3 Å². The zero-order valence-corrected chi connectivity index (χ0v) is 13.8. The maximum absolute atomic E-state index is 13.8. The van der Waals surface area contributed by atoms with E-state index in [1.54, 1.807) is 6.08 Å². The van der Waals surface area contributed by atoms with Gasteiger partial charge in [-0.25, -0.2) is 8.78 Å². The zero-order valence-electron chi connectivity index (χ0n) is 13.8. The highest BCUT2D eigenvalue weighted by Gasteiger charge is 2.61. The molecule has 0 spiro atoms. The van der Waals surface area contributed by atoms with Gasteiger partial charge < -0.3 is 9.47 Å². The molecule has 0 N–H and O–H groups in total. The summed E-state index contributed by atoms with van der Waals surface area (Å²) in [5.74, 6) is -8.95. The van der Waals surface area contributed by atoms with Crippen molar-refractivity contribution in [3.8, 4) is 5.75 Å². The monoisotopic (exact) mass is 346 g/mol. The number of esters is 1. The molecule has 0 saturated heterocycles. The van der Waals surface area contributed by atoms with Gasteiger partial charge in [0.2, 0.25) is 11.6 Å². The molecule has 1 saturated carbocycles. The lowest BCUT2D eigenvalue weighted by atomic mass is 10.1. The fourth-order valence-corrected chi connectivity index (χ4v) is 2.89. The molecule has 2 atom stereocenters. The summed E-state index contributed by atoms with van der Waals surface area (Å²) in [5, 5.41) is 0. The summed E-state index contributed by atoms with van der Waals surface area (Å²) in [5.41, 5.74) is -1.32. The largest absolute Gasteiger partial charge is 0.491 e. The van der Waals surface area contributed by atoms with Gasteiger partial charge in [-0.2, -0.15) is 8.78 Å². The number of hydrogen-bond acceptors (Lipinski definition) is 3. The second-order valence-electron chi connectivity index (χ2n) is 6.23. The fourth-order valence-electron chi connectivity index (χ4n) is 2.89. The smallest absolute Gasteiger partial charge is 0.310 e. The van der Waals surface area contributed by atoms with E-state index in [2.05, 4.69) is 4.74 Å². The van der Waals surface area contributed by atoms with Crippen molar-refractivity contribution < 1.29 is 31.8 Å². The molecule has 1 aliphatic carbocycles. The van der Waals surface area contributed by atoms with Crippen LogP contribution in [0.1, 0.15) is 26.3 Å². The Morgan fingerprint density at radius 2 is 1.67 bits per heavy atom. The second kappa shape index (κ2) is 6.45. The van der Waals surface area contributed by atoms with Crippen molar-refractivity contribution in [1.82, 2.24) is 0 Å². The highest BCUT2D eigenvalue weighted by atomic mass is 19.2. The van der Waals surface area contributed by atoms with Gasteiger partial charge in [0, 0.05) is 0 Å². The summed E-state index contributed by atoms with van der Waals surface area (Å²) < 4.78 is 64.1. The van der Waals surface area contributed by atoms with Crippen molar-refractivity contribution in [2.75, 3.05) is 7.11 Å². The van der Waals surface area contributed by atoms with Crippen LogP contribution >= 0.6 is 0 Å². The molecule has 0 bridgehead atoms. The number of methoxy groups -OCH3 is 1. The molecule has 1 aromatic rings. The van der Waals surface area contributed by atoms with Crippen LogP contribution in [0.25, 0.3) is 0 Å². The Morgan fingerprint density at radius 1 is 1.12 bits per heavy atom. The number of rotatable bonds is 5. The summed E-state index contributed by atoms with van der Waals surface area (Å²) in [4.78, 5) is 12.1. The molecule has 3 nitrogen and oxygen atoms in total. The zero-order chi connectivity index (χ0) is 18.2. The average Bonchev–Trinajstić information content (AvgIpc) is 3.07. The van der Waals surface area contributed by atoms with Gasteiger partial charge in [0.05, 0.1) is 18.6 Å². The van der Waals surface area contributed by atoms with Gasteiger partial charge in [0.1, 0.15) is 6.61 Å². The Labute approximate surface area is 137 Å². The first-order chi connectivity index (χ1) is 11.2. The third kappa shape index (κ3) is 2.87. The van der Waals surface area contributed by atoms with Crippen LogP contribution in [-0.4, -0.2) is 13.1 Å².